The molecule has 0 spiro atoms. The lowest BCUT2D eigenvalue weighted by Crippen LogP contribution is -2.05. The lowest BCUT2D eigenvalue weighted by atomic mass is 9.98. The van der Waals surface area contributed by atoms with Gasteiger partial charge in [-0.2, -0.15) is 0 Å². The Bertz CT molecular complexity index is 641. The molecule has 0 unspecified atom stereocenters. The van der Waals surface area contributed by atoms with Crippen molar-refractivity contribution in [1.82, 2.24) is 5.32 Å². The Morgan fingerprint density at radius 3 is 2.48 bits per heavy atom. The first kappa shape index (κ1) is 16.2. The number of halogens is 2. The Hall–Kier alpha value is -1.22. The fourth-order valence-electron chi connectivity index (χ4n) is 2.27. The van der Waals surface area contributed by atoms with Gasteiger partial charge in [-0.05, 0) is 49.7 Å². The molecular formula is C17H19Cl2NO. The van der Waals surface area contributed by atoms with Crippen LogP contribution in [0.3, 0.4) is 0 Å². The van der Waals surface area contributed by atoms with E-state index in [4.69, 9.17) is 27.9 Å². The predicted octanol–water partition coefficient (Wildman–Crippen LogP) is 5.09. The highest BCUT2D eigenvalue weighted by Crippen LogP contribution is 2.38. The van der Waals surface area contributed by atoms with Gasteiger partial charge >= 0.3 is 0 Å². The summed E-state index contributed by atoms with van der Waals surface area (Å²) in [7, 11) is 1.93. The Morgan fingerprint density at radius 1 is 1.05 bits per heavy atom. The summed E-state index contributed by atoms with van der Waals surface area (Å²) in [6.07, 6.45) is 0. The van der Waals surface area contributed by atoms with E-state index in [1.54, 1.807) is 6.07 Å². The second kappa shape index (κ2) is 7.17. The molecule has 1 N–H and O–H groups in total. The highest BCUT2D eigenvalue weighted by molar-refractivity contribution is 6.36. The first-order valence-electron chi connectivity index (χ1n) is 6.93. The highest BCUT2D eigenvalue weighted by atomic mass is 35.5. The maximum Gasteiger partial charge on any atom is 0.139 e. The third-order valence-corrected chi connectivity index (χ3v) is 3.90. The maximum atomic E-state index is 6.42. The quantitative estimate of drug-likeness (QED) is 0.827. The van der Waals surface area contributed by atoms with Crippen LogP contribution in [0.15, 0.2) is 30.3 Å². The summed E-state index contributed by atoms with van der Waals surface area (Å²) in [4.78, 5) is 0. The minimum Gasteiger partial charge on any atom is -0.492 e. The molecule has 0 fully saturated rings. The molecular weight excluding hydrogens is 305 g/mol. The van der Waals surface area contributed by atoms with Crippen LogP contribution in [0.4, 0.5) is 0 Å². The van der Waals surface area contributed by atoms with Crippen LogP contribution in [0.25, 0.3) is 11.1 Å². The smallest absolute Gasteiger partial charge is 0.139 e. The van der Waals surface area contributed by atoms with Crippen molar-refractivity contribution in [3.63, 3.8) is 0 Å². The molecule has 0 aliphatic carbocycles. The summed E-state index contributed by atoms with van der Waals surface area (Å²) in [6.45, 7) is 5.37. The fraction of sp³-hybridized carbons (Fsp3) is 0.294. The van der Waals surface area contributed by atoms with Gasteiger partial charge in [-0.25, -0.2) is 0 Å². The molecule has 4 heteroatoms. The third kappa shape index (κ3) is 3.70. The van der Waals surface area contributed by atoms with Crippen LogP contribution < -0.4 is 10.1 Å². The summed E-state index contributed by atoms with van der Waals surface area (Å²) in [6, 6.07) is 10.0. The number of ether oxygens (including phenoxy) is 1. The minimum absolute atomic E-state index is 0.562. The van der Waals surface area contributed by atoms with E-state index in [0.29, 0.717) is 22.4 Å². The van der Waals surface area contributed by atoms with Crippen molar-refractivity contribution < 1.29 is 4.74 Å². The summed E-state index contributed by atoms with van der Waals surface area (Å²) >= 11 is 12.7. The van der Waals surface area contributed by atoms with E-state index >= 15 is 0 Å². The van der Waals surface area contributed by atoms with Crippen molar-refractivity contribution >= 4 is 23.2 Å². The maximum absolute atomic E-state index is 6.42. The standard InChI is InChI=1S/C17H19Cl2NO/c1-4-21-17-9-15(18)14(8-16(17)19)13-7-12(10-20-3)6-5-11(13)2/h5-9,20H,4,10H2,1-3H3. The lowest BCUT2D eigenvalue weighted by molar-refractivity contribution is 0.340. The molecule has 0 radical (unpaired) electrons. The van der Waals surface area contributed by atoms with Gasteiger partial charge < -0.3 is 10.1 Å². The highest BCUT2D eigenvalue weighted by Gasteiger charge is 2.12. The van der Waals surface area contributed by atoms with Gasteiger partial charge in [-0.15, -0.1) is 0 Å². The van der Waals surface area contributed by atoms with Crippen molar-refractivity contribution in [2.45, 2.75) is 20.4 Å². The molecule has 0 saturated carbocycles. The zero-order valence-corrected chi connectivity index (χ0v) is 14.0. The molecule has 0 bridgehead atoms. The summed E-state index contributed by atoms with van der Waals surface area (Å²) < 4.78 is 5.47. The van der Waals surface area contributed by atoms with E-state index in [2.05, 4.69) is 30.4 Å². The van der Waals surface area contributed by atoms with Crippen LogP contribution in [-0.2, 0) is 6.54 Å². The molecule has 21 heavy (non-hydrogen) atoms. The van der Waals surface area contributed by atoms with E-state index in [1.807, 2.05) is 20.0 Å². The van der Waals surface area contributed by atoms with Gasteiger partial charge in [0, 0.05) is 18.2 Å². The Morgan fingerprint density at radius 2 is 1.81 bits per heavy atom. The third-order valence-electron chi connectivity index (χ3n) is 3.29. The molecule has 0 amide bonds. The molecule has 0 aliphatic rings. The van der Waals surface area contributed by atoms with E-state index in [0.717, 1.165) is 23.2 Å². The zero-order valence-electron chi connectivity index (χ0n) is 12.5. The zero-order chi connectivity index (χ0) is 15.4. The van der Waals surface area contributed by atoms with E-state index in [1.165, 1.54) is 5.56 Å². The van der Waals surface area contributed by atoms with Gasteiger partial charge in [-0.3, -0.25) is 0 Å². The van der Waals surface area contributed by atoms with Gasteiger partial charge in [0.05, 0.1) is 16.7 Å². The van der Waals surface area contributed by atoms with Gasteiger partial charge in [-0.1, -0.05) is 35.3 Å². The lowest BCUT2D eigenvalue weighted by Gasteiger charge is -2.13. The minimum atomic E-state index is 0.562. The van der Waals surface area contributed by atoms with Crippen molar-refractivity contribution in [3.05, 3.63) is 51.5 Å². The van der Waals surface area contributed by atoms with Crippen LogP contribution >= 0.6 is 23.2 Å². The van der Waals surface area contributed by atoms with E-state index < -0.39 is 0 Å². The molecule has 2 aromatic rings. The Kier molecular flexibility index (Phi) is 5.51. The van der Waals surface area contributed by atoms with Crippen molar-refractivity contribution in [3.8, 4) is 16.9 Å². The fourth-order valence-corrected chi connectivity index (χ4v) is 2.75. The van der Waals surface area contributed by atoms with E-state index in [-0.39, 0.29) is 0 Å². The average molecular weight is 324 g/mol. The predicted molar refractivity (Wildman–Crippen MR) is 90.6 cm³/mol. The molecule has 2 nitrogen and oxygen atoms in total. The second-order valence-corrected chi connectivity index (χ2v) is 5.69. The number of benzene rings is 2. The van der Waals surface area contributed by atoms with Crippen molar-refractivity contribution in [2.24, 2.45) is 0 Å². The van der Waals surface area contributed by atoms with Gasteiger partial charge in [0.25, 0.3) is 0 Å². The van der Waals surface area contributed by atoms with Crippen LogP contribution in [0, 0.1) is 6.92 Å². The SMILES string of the molecule is CCOc1cc(Cl)c(-c2cc(CNC)ccc2C)cc1Cl. The van der Waals surface area contributed by atoms with Crippen molar-refractivity contribution in [1.29, 1.82) is 0 Å². The number of aryl methyl sites for hydroxylation is 1. The molecule has 2 aromatic carbocycles. The monoisotopic (exact) mass is 323 g/mol. The summed E-state index contributed by atoms with van der Waals surface area (Å²) in [5.74, 6) is 0.622. The Balaban J connectivity index is 2.51. The number of rotatable bonds is 5. The average Bonchev–Trinajstić information content (AvgIpc) is 2.45. The van der Waals surface area contributed by atoms with Crippen LogP contribution in [0.2, 0.25) is 10.0 Å². The molecule has 0 atom stereocenters. The normalized spacial score (nSPS) is 10.7. The van der Waals surface area contributed by atoms with Crippen LogP contribution in [0.5, 0.6) is 5.75 Å². The molecule has 0 heterocycles. The van der Waals surface area contributed by atoms with Gasteiger partial charge in [0.2, 0.25) is 0 Å². The summed E-state index contributed by atoms with van der Waals surface area (Å²) in [5.41, 5.74) is 4.40. The number of hydrogen-bond acceptors (Lipinski definition) is 2. The second-order valence-electron chi connectivity index (χ2n) is 4.88. The largest absolute Gasteiger partial charge is 0.492 e. The van der Waals surface area contributed by atoms with Crippen LogP contribution in [0.1, 0.15) is 18.1 Å². The first-order chi connectivity index (χ1) is 10.1. The van der Waals surface area contributed by atoms with Crippen LogP contribution in [-0.4, -0.2) is 13.7 Å². The molecule has 2 rings (SSSR count). The first-order valence-corrected chi connectivity index (χ1v) is 7.68. The van der Waals surface area contributed by atoms with Gasteiger partial charge in [0.1, 0.15) is 5.75 Å². The van der Waals surface area contributed by atoms with Crippen molar-refractivity contribution in [2.75, 3.05) is 13.7 Å². The molecule has 0 aliphatic heterocycles. The summed E-state index contributed by atoms with van der Waals surface area (Å²) in [5, 5.41) is 4.38. The van der Waals surface area contributed by atoms with Gasteiger partial charge in [0.15, 0.2) is 0 Å². The molecule has 0 aromatic heterocycles. The molecule has 0 saturated heterocycles. The van der Waals surface area contributed by atoms with E-state index in [9.17, 15) is 0 Å². The molecule has 112 valence electrons. The number of hydrogen-bond donors (Lipinski definition) is 1. The Labute approximate surface area is 136 Å². The number of nitrogens with one attached hydrogen (secondary N) is 1. The topological polar surface area (TPSA) is 21.3 Å².